The SMILES string of the molecule is c1ccc(CCCC(OCCCN2CCCCC2)c2ccccc2)cc1. The molecule has 0 bridgehead atoms. The summed E-state index contributed by atoms with van der Waals surface area (Å²) in [5.41, 5.74) is 2.74. The van der Waals surface area contributed by atoms with Crippen LogP contribution in [0.5, 0.6) is 0 Å². The molecule has 0 saturated carbocycles. The Balaban J connectivity index is 1.44. The van der Waals surface area contributed by atoms with E-state index in [0.29, 0.717) is 0 Å². The number of aryl methyl sites for hydroxylation is 1. The second kappa shape index (κ2) is 11.2. The molecule has 1 aliphatic rings. The van der Waals surface area contributed by atoms with Gasteiger partial charge in [-0.2, -0.15) is 0 Å². The van der Waals surface area contributed by atoms with Crippen molar-refractivity contribution in [2.24, 2.45) is 0 Å². The van der Waals surface area contributed by atoms with Crippen LogP contribution in [-0.4, -0.2) is 31.1 Å². The van der Waals surface area contributed by atoms with Crippen molar-refractivity contribution >= 4 is 0 Å². The van der Waals surface area contributed by atoms with Gasteiger partial charge in [-0.3, -0.25) is 0 Å². The molecule has 0 amide bonds. The molecule has 26 heavy (non-hydrogen) atoms. The Morgan fingerprint density at radius 2 is 1.50 bits per heavy atom. The average Bonchev–Trinajstić information content (AvgIpc) is 2.72. The maximum absolute atomic E-state index is 6.33. The summed E-state index contributed by atoms with van der Waals surface area (Å²) in [6.07, 6.45) is 8.88. The number of hydrogen-bond donors (Lipinski definition) is 0. The van der Waals surface area contributed by atoms with Crippen LogP contribution in [0.3, 0.4) is 0 Å². The lowest BCUT2D eigenvalue weighted by Gasteiger charge is -2.26. The van der Waals surface area contributed by atoms with Crippen molar-refractivity contribution in [2.45, 2.75) is 51.0 Å². The summed E-state index contributed by atoms with van der Waals surface area (Å²) in [5, 5.41) is 0. The van der Waals surface area contributed by atoms with E-state index in [2.05, 4.69) is 65.6 Å². The molecule has 2 nitrogen and oxygen atoms in total. The molecule has 1 fully saturated rings. The molecule has 3 rings (SSSR count). The van der Waals surface area contributed by atoms with Gasteiger partial charge in [0.1, 0.15) is 0 Å². The summed E-state index contributed by atoms with van der Waals surface area (Å²) in [7, 11) is 0. The number of likely N-dealkylation sites (tertiary alicyclic amines) is 1. The van der Waals surface area contributed by atoms with Gasteiger partial charge in [0.2, 0.25) is 0 Å². The van der Waals surface area contributed by atoms with E-state index in [9.17, 15) is 0 Å². The van der Waals surface area contributed by atoms with Crippen LogP contribution in [0.2, 0.25) is 0 Å². The zero-order valence-electron chi connectivity index (χ0n) is 16.0. The number of hydrogen-bond acceptors (Lipinski definition) is 2. The number of rotatable bonds is 10. The lowest BCUT2D eigenvalue weighted by Crippen LogP contribution is -2.31. The molecule has 2 aromatic rings. The Hall–Kier alpha value is -1.64. The largest absolute Gasteiger partial charge is 0.373 e. The highest BCUT2D eigenvalue weighted by molar-refractivity contribution is 5.18. The Kier molecular flexibility index (Phi) is 8.21. The number of benzene rings is 2. The predicted molar refractivity (Wildman–Crippen MR) is 109 cm³/mol. The molecule has 0 aromatic heterocycles. The van der Waals surface area contributed by atoms with E-state index < -0.39 is 0 Å². The summed E-state index contributed by atoms with van der Waals surface area (Å²) in [4.78, 5) is 2.60. The van der Waals surface area contributed by atoms with Crippen LogP contribution in [0, 0.1) is 0 Å². The average molecular weight is 352 g/mol. The topological polar surface area (TPSA) is 12.5 Å². The van der Waals surface area contributed by atoms with Crippen LogP contribution in [0.4, 0.5) is 0 Å². The minimum absolute atomic E-state index is 0.223. The first kappa shape index (κ1) is 19.1. The first-order valence-corrected chi connectivity index (χ1v) is 10.3. The summed E-state index contributed by atoms with van der Waals surface area (Å²) >= 11 is 0. The summed E-state index contributed by atoms with van der Waals surface area (Å²) in [5.74, 6) is 0. The third-order valence-corrected chi connectivity index (χ3v) is 5.33. The molecule has 1 heterocycles. The molecule has 1 atom stereocenters. The van der Waals surface area contributed by atoms with Crippen molar-refractivity contribution < 1.29 is 4.74 Å². The van der Waals surface area contributed by atoms with Crippen molar-refractivity contribution in [3.63, 3.8) is 0 Å². The molecular formula is C24H33NO. The van der Waals surface area contributed by atoms with Gasteiger partial charge in [-0.05, 0) is 62.7 Å². The Bertz CT molecular complexity index is 592. The summed E-state index contributed by atoms with van der Waals surface area (Å²) < 4.78 is 6.33. The van der Waals surface area contributed by atoms with Crippen molar-refractivity contribution in [1.82, 2.24) is 4.90 Å². The highest BCUT2D eigenvalue weighted by Crippen LogP contribution is 2.24. The quantitative estimate of drug-likeness (QED) is 0.513. The second-order valence-corrected chi connectivity index (χ2v) is 7.40. The molecule has 0 aliphatic carbocycles. The fraction of sp³-hybridized carbons (Fsp3) is 0.500. The van der Waals surface area contributed by atoms with Crippen molar-refractivity contribution in [2.75, 3.05) is 26.2 Å². The summed E-state index contributed by atoms with van der Waals surface area (Å²) in [6, 6.07) is 21.5. The summed E-state index contributed by atoms with van der Waals surface area (Å²) in [6.45, 7) is 4.60. The van der Waals surface area contributed by atoms with E-state index in [1.165, 1.54) is 50.0 Å². The standard InChI is InChI=1S/C24H33NO/c1-4-12-22(13-5-1)14-10-17-24(23-15-6-2-7-16-23)26-21-11-20-25-18-8-3-9-19-25/h1-2,4-7,12-13,15-16,24H,3,8-11,14,17-21H2. The zero-order valence-corrected chi connectivity index (χ0v) is 16.0. The van der Waals surface area contributed by atoms with Gasteiger partial charge in [-0.1, -0.05) is 67.1 Å². The first-order chi connectivity index (χ1) is 12.9. The van der Waals surface area contributed by atoms with Crippen LogP contribution in [0.15, 0.2) is 60.7 Å². The lowest BCUT2D eigenvalue weighted by atomic mass is 10.0. The lowest BCUT2D eigenvalue weighted by molar-refractivity contribution is 0.0382. The maximum Gasteiger partial charge on any atom is 0.0825 e. The normalized spacial score (nSPS) is 16.5. The van der Waals surface area contributed by atoms with Crippen LogP contribution in [0.25, 0.3) is 0 Å². The van der Waals surface area contributed by atoms with Gasteiger partial charge in [0.25, 0.3) is 0 Å². The molecule has 2 aromatic carbocycles. The minimum atomic E-state index is 0.223. The van der Waals surface area contributed by atoms with Crippen molar-refractivity contribution in [3.8, 4) is 0 Å². The number of piperidine rings is 1. The van der Waals surface area contributed by atoms with E-state index in [4.69, 9.17) is 4.74 Å². The first-order valence-electron chi connectivity index (χ1n) is 10.3. The third-order valence-electron chi connectivity index (χ3n) is 5.33. The van der Waals surface area contributed by atoms with Gasteiger partial charge in [0.15, 0.2) is 0 Å². The van der Waals surface area contributed by atoms with Crippen molar-refractivity contribution in [1.29, 1.82) is 0 Å². The van der Waals surface area contributed by atoms with Gasteiger partial charge >= 0.3 is 0 Å². The third kappa shape index (κ3) is 6.59. The monoisotopic (exact) mass is 351 g/mol. The Morgan fingerprint density at radius 1 is 0.808 bits per heavy atom. The fourth-order valence-electron chi connectivity index (χ4n) is 3.85. The van der Waals surface area contributed by atoms with Crippen LogP contribution >= 0.6 is 0 Å². The van der Waals surface area contributed by atoms with Gasteiger partial charge in [0, 0.05) is 13.2 Å². The van der Waals surface area contributed by atoms with Gasteiger partial charge < -0.3 is 9.64 Å². The van der Waals surface area contributed by atoms with Gasteiger partial charge in [-0.25, -0.2) is 0 Å². The van der Waals surface area contributed by atoms with Gasteiger partial charge in [-0.15, -0.1) is 0 Å². The van der Waals surface area contributed by atoms with Crippen molar-refractivity contribution in [3.05, 3.63) is 71.8 Å². The van der Waals surface area contributed by atoms with E-state index in [1.807, 2.05) is 0 Å². The molecule has 1 unspecified atom stereocenters. The molecule has 1 aliphatic heterocycles. The highest BCUT2D eigenvalue weighted by Gasteiger charge is 2.13. The smallest absolute Gasteiger partial charge is 0.0825 e. The predicted octanol–water partition coefficient (Wildman–Crippen LogP) is 5.64. The number of ether oxygens (including phenoxy) is 1. The van der Waals surface area contributed by atoms with E-state index in [-0.39, 0.29) is 6.10 Å². The highest BCUT2D eigenvalue weighted by atomic mass is 16.5. The van der Waals surface area contributed by atoms with Crippen LogP contribution in [0.1, 0.15) is 55.8 Å². The minimum Gasteiger partial charge on any atom is -0.373 e. The molecule has 140 valence electrons. The molecule has 1 saturated heterocycles. The van der Waals surface area contributed by atoms with E-state index in [1.54, 1.807) is 0 Å². The fourth-order valence-corrected chi connectivity index (χ4v) is 3.85. The molecule has 0 radical (unpaired) electrons. The van der Waals surface area contributed by atoms with E-state index >= 15 is 0 Å². The Labute approximate surface area is 159 Å². The Morgan fingerprint density at radius 3 is 2.23 bits per heavy atom. The van der Waals surface area contributed by atoms with E-state index in [0.717, 1.165) is 32.3 Å². The molecule has 0 N–H and O–H groups in total. The number of nitrogens with zero attached hydrogens (tertiary/aromatic N) is 1. The molecule has 0 spiro atoms. The second-order valence-electron chi connectivity index (χ2n) is 7.40. The van der Waals surface area contributed by atoms with Crippen LogP contribution in [-0.2, 0) is 11.2 Å². The molecule has 2 heteroatoms. The maximum atomic E-state index is 6.33. The molecular weight excluding hydrogens is 318 g/mol. The van der Waals surface area contributed by atoms with Crippen LogP contribution < -0.4 is 0 Å². The zero-order chi connectivity index (χ0) is 17.9. The van der Waals surface area contributed by atoms with Gasteiger partial charge in [0.05, 0.1) is 6.10 Å².